The van der Waals surface area contributed by atoms with Gasteiger partial charge in [0.15, 0.2) is 11.4 Å². The van der Waals surface area contributed by atoms with E-state index >= 15 is 0 Å². The highest BCUT2D eigenvalue weighted by Gasteiger charge is 2.27. The van der Waals surface area contributed by atoms with Crippen molar-refractivity contribution < 1.29 is 14.3 Å². The number of aromatic nitrogens is 3. The Morgan fingerprint density at radius 3 is 2.36 bits per heavy atom. The van der Waals surface area contributed by atoms with Crippen LogP contribution in [-0.4, -0.2) is 33.4 Å². The number of ketones is 1. The molecule has 0 N–H and O–H groups in total. The van der Waals surface area contributed by atoms with Crippen LogP contribution in [0, 0.1) is 6.92 Å². The Balaban J connectivity index is 2.11. The molecule has 0 aliphatic carbocycles. The van der Waals surface area contributed by atoms with E-state index in [1.807, 2.05) is 37.3 Å². The quantitative estimate of drug-likeness (QED) is 0.529. The van der Waals surface area contributed by atoms with Gasteiger partial charge in [-0.1, -0.05) is 53.2 Å². The van der Waals surface area contributed by atoms with Gasteiger partial charge in [0.25, 0.3) is 0 Å². The number of nitrogens with zero attached hydrogens (tertiary/aromatic N) is 3. The van der Waals surface area contributed by atoms with E-state index in [-0.39, 0.29) is 23.8 Å². The Hall–Kier alpha value is -3.28. The summed E-state index contributed by atoms with van der Waals surface area (Å²) in [4.78, 5) is 25.2. The predicted molar refractivity (Wildman–Crippen MR) is 91.9 cm³/mol. The number of rotatable bonds is 5. The van der Waals surface area contributed by atoms with Gasteiger partial charge in [0, 0.05) is 5.56 Å². The molecule has 0 spiro atoms. The normalized spacial score (nSPS) is 10.5. The summed E-state index contributed by atoms with van der Waals surface area (Å²) in [5.74, 6) is -1.01. The summed E-state index contributed by atoms with van der Waals surface area (Å²) in [6.07, 6.45) is 0. The van der Waals surface area contributed by atoms with Crippen LogP contribution in [0.2, 0.25) is 0 Å². The summed E-state index contributed by atoms with van der Waals surface area (Å²) in [5.41, 5.74) is 2.14. The third-order valence-electron chi connectivity index (χ3n) is 3.67. The maximum atomic E-state index is 12.8. The summed E-state index contributed by atoms with van der Waals surface area (Å²) in [6, 6.07) is 16.1. The zero-order chi connectivity index (χ0) is 17.8. The molecule has 0 bridgehead atoms. The van der Waals surface area contributed by atoms with Crippen molar-refractivity contribution in [3.63, 3.8) is 0 Å². The van der Waals surface area contributed by atoms with Crippen LogP contribution in [-0.2, 0) is 4.74 Å². The largest absolute Gasteiger partial charge is 0.461 e. The molecule has 3 aromatic rings. The van der Waals surface area contributed by atoms with Crippen LogP contribution in [0.1, 0.15) is 39.0 Å². The molecule has 6 nitrogen and oxygen atoms in total. The number of esters is 1. The second kappa shape index (κ2) is 7.09. The third-order valence-corrected chi connectivity index (χ3v) is 3.67. The van der Waals surface area contributed by atoms with Crippen LogP contribution in [0.4, 0.5) is 0 Å². The Morgan fingerprint density at radius 2 is 1.72 bits per heavy atom. The summed E-state index contributed by atoms with van der Waals surface area (Å²) < 4.78 is 6.45. The van der Waals surface area contributed by atoms with Gasteiger partial charge < -0.3 is 4.74 Å². The lowest BCUT2D eigenvalue weighted by molar-refractivity contribution is 0.0513. The Bertz CT molecular complexity index is 899. The minimum atomic E-state index is -0.632. The van der Waals surface area contributed by atoms with Crippen molar-refractivity contribution in [2.24, 2.45) is 0 Å². The second-order valence-electron chi connectivity index (χ2n) is 5.45. The van der Waals surface area contributed by atoms with Gasteiger partial charge in [0.1, 0.15) is 0 Å². The topological polar surface area (TPSA) is 74.1 Å². The molecule has 0 radical (unpaired) electrons. The van der Waals surface area contributed by atoms with E-state index < -0.39 is 5.97 Å². The maximum absolute atomic E-state index is 12.8. The lowest BCUT2D eigenvalue weighted by Crippen LogP contribution is -2.16. The van der Waals surface area contributed by atoms with Gasteiger partial charge in [-0.3, -0.25) is 4.79 Å². The summed E-state index contributed by atoms with van der Waals surface area (Å²) in [7, 11) is 0. The van der Waals surface area contributed by atoms with Gasteiger partial charge in [-0.05, 0) is 26.0 Å². The van der Waals surface area contributed by atoms with Crippen LogP contribution < -0.4 is 0 Å². The molecule has 0 aliphatic heterocycles. The van der Waals surface area contributed by atoms with E-state index in [1.165, 1.54) is 4.68 Å². The molecular formula is C19H17N3O3. The molecule has 6 heteroatoms. The Kier molecular flexibility index (Phi) is 4.70. The lowest BCUT2D eigenvalue weighted by atomic mass is 10.1. The molecule has 0 fully saturated rings. The second-order valence-corrected chi connectivity index (χ2v) is 5.45. The highest BCUT2D eigenvalue weighted by Crippen LogP contribution is 2.18. The van der Waals surface area contributed by atoms with E-state index in [0.29, 0.717) is 11.3 Å². The van der Waals surface area contributed by atoms with Crippen molar-refractivity contribution in [1.82, 2.24) is 15.0 Å². The summed E-state index contributed by atoms with van der Waals surface area (Å²) in [5, 5.41) is 7.97. The molecular weight excluding hydrogens is 318 g/mol. The molecule has 1 aromatic heterocycles. The van der Waals surface area contributed by atoms with Crippen LogP contribution in [0.3, 0.4) is 0 Å². The number of carbonyl (C=O) groups is 2. The number of aryl methyl sites for hydroxylation is 1. The van der Waals surface area contributed by atoms with E-state index in [0.717, 1.165) is 5.56 Å². The van der Waals surface area contributed by atoms with Gasteiger partial charge in [0.2, 0.25) is 5.78 Å². The molecule has 3 rings (SSSR count). The number of ether oxygens (including phenoxy) is 1. The molecule has 0 aliphatic rings. The van der Waals surface area contributed by atoms with Crippen molar-refractivity contribution in [1.29, 1.82) is 0 Å². The minimum Gasteiger partial charge on any atom is -0.461 e. The average Bonchev–Trinajstić information content (AvgIpc) is 3.08. The molecule has 2 aromatic carbocycles. The fraction of sp³-hybridized carbons (Fsp3) is 0.158. The van der Waals surface area contributed by atoms with E-state index in [9.17, 15) is 9.59 Å². The molecule has 25 heavy (non-hydrogen) atoms. The molecule has 1 heterocycles. The molecule has 0 unspecified atom stereocenters. The maximum Gasteiger partial charge on any atom is 0.359 e. The molecule has 126 valence electrons. The Morgan fingerprint density at radius 1 is 1.04 bits per heavy atom. The minimum absolute atomic E-state index is 0.0229. The fourth-order valence-electron chi connectivity index (χ4n) is 2.41. The van der Waals surface area contributed by atoms with E-state index in [1.54, 1.807) is 31.2 Å². The first kappa shape index (κ1) is 16.6. The number of carbonyl (C=O) groups excluding carboxylic acids is 2. The van der Waals surface area contributed by atoms with Gasteiger partial charge >= 0.3 is 5.97 Å². The van der Waals surface area contributed by atoms with Crippen molar-refractivity contribution in [2.45, 2.75) is 13.8 Å². The van der Waals surface area contributed by atoms with E-state index in [2.05, 4.69) is 10.3 Å². The summed E-state index contributed by atoms with van der Waals surface area (Å²) in [6.45, 7) is 3.86. The first-order valence-electron chi connectivity index (χ1n) is 7.91. The van der Waals surface area contributed by atoms with Gasteiger partial charge in [-0.2, -0.15) is 0 Å². The van der Waals surface area contributed by atoms with Crippen LogP contribution >= 0.6 is 0 Å². The number of benzene rings is 2. The number of hydrogen-bond acceptors (Lipinski definition) is 5. The fourth-order valence-corrected chi connectivity index (χ4v) is 2.41. The average molecular weight is 335 g/mol. The SMILES string of the molecule is CCOC(=O)c1c(C(=O)c2ccccc2)nnn1-c1ccc(C)cc1. The standard InChI is InChI=1S/C19H17N3O3/c1-3-25-19(24)17-16(18(23)14-7-5-4-6-8-14)20-21-22(17)15-11-9-13(2)10-12-15/h4-12H,3H2,1-2H3. The first-order chi connectivity index (χ1) is 12.1. The first-order valence-corrected chi connectivity index (χ1v) is 7.91. The van der Waals surface area contributed by atoms with Crippen molar-refractivity contribution in [2.75, 3.05) is 6.61 Å². The van der Waals surface area contributed by atoms with Crippen LogP contribution in [0.15, 0.2) is 54.6 Å². The van der Waals surface area contributed by atoms with E-state index in [4.69, 9.17) is 4.74 Å². The van der Waals surface area contributed by atoms with Gasteiger partial charge in [-0.15, -0.1) is 5.10 Å². The lowest BCUT2D eigenvalue weighted by Gasteiger charge is -2.07. The zero-order valence-electron chi connectivity index (χ0n) is 14.0. The molecule has 0 saturated heterocycles. The zero-order valence-corrected chi connectivity index (χ0v) is 14.0. The third kappa shape index (κ3) is 3.33. The highest BCUT2D eigenvalue weighted by atomic mass is 16.5. The van der Waals surface area contributed by atoms with Crippen molar-refractivity contribution in [3.8, 4) is 5.69 Å². The highest BCUT2D eigenvalue weighted by molar-refractivity contribution is 6.12. The van der Waals surface area contributed by atoms with Gasteiger partial charge in [-0.25, -0.2) is 9.48 Å². The summed E-state index contributed by atoms with van der Waals surface area (Å²) >= 11 is 0. The van der Waals surface area contributed by atoms with Crippen LogP contribution in [0.25, 0.3) is 5.69 Å². The Labute approximate surface area is 145 Å². The van der Waals surface area contributed by atoms with Gasteiger partial charge in [0.05, 0.1) is 12.3 Å². The number of hydrogen-bond donors (Lipinski definition) is 0. The predicted octanol–water partition coefficient (Wildman–Crippen LogP) is 2.98. The smallest absolute Gasteiger partial charge is 0.359 e. The molecule has 0 atom stereocenters. The van der Waals surface area contributed by atoms with Crippen molar-refractivity contribution >= 4 is 11.8 Å². The van der Waals surface area contributed by atoms with Crippen LogP contribution in [0.5, 0.6) is 0 Å². The molecule has 0 amide bonds. The molecule has 0 saturated carbocycles. The monoisotopic (exact) mass is 335 g/mol. The van der Waals surface area contributed by atoms with Crippen molar-refractivity contribution in [3.05, 3.63) is 77.1 Å².